The van der Waals surface area contributed by atoms with E-state index in [2.05, 4.69) is 30.1 Å². The van der Waals surface area contributed by atoms with E-state index < -0.39 is 5.60 Å². The Morgan fingerprint density at radius 2 is 1.76 bits per heavy atom. The van der Waals surface area contributed by atoms with Crippen molar-refractivity contribution in [1.82, 2.24) is 9.78 Å². The summed E-state index contributed by atoms with van der Waals surface area (Å²) < 4.78 is 20.2. The average Bonchev–Trinajstić information content (AvgIpc) is 3.45. The number of esters is 1. The zero-order chi connectivity index (χ0) is 26.4. The Hall–Kier alpha value is -4.46. The fourth-order valence-electron chi connectivity index (χ4n) is 5.52. The molecule has 1 atom stereocenters. The summed E-state index contributed by atoms with van der Waals surface area (Å²) in [5.74, 6) is 2.10. The minimum absolute atomic E-state index is 0.369. The Morgan fingerprint density at radius 1 is 1.00 bits per heavy atom. The summed E-state index contributed by atoms with van der Waals surface area (Å²) in [6.45, 7) is 8.61. The Kier molecular flexibility index (Phi) is 5.75. The van der Waals surface area contributed by atoms with Gasteiger partial charge in [0.15, 0.2) is 5.82 Å². The number of fused-ring (bicyclic) bond motifs is 6. The third-order valence-electron chi connectivity index (χ3n) is 7.31. The van der Waals surface area contributed by atoms with Crippen molar-refractivity contribution < 1.29 is 19.0 Å². The number of aromatic nitrogens is 2. The lowest BCUT2D eigenvalue weighted by atomic mass is 9.78. The second-order valence-electron chi connectivity index (χ2n) is 9.24. The van der Waals surface area contributed by atoms with E-state index in [0.29, 0.717) is 35.1 Å². The third kappa shape index (κ3) is 3.36. The molecule has 4 aromatic rings. The van der Waals surface area contributed by atoms with E-state index in [9.17, 15) is 4.79 Å². The molecule has 8 nitrogen and oxygen atoms in total. The summed E-state index contributed by atoms with van der Waals surface area (Å²) in [6.07, 6.45) is 0. The van der Waals surface area contributed by atoms with Crippen molar-refractivity contribution in [2.24, 2.45) is 0 Å². The van der Waals surface area contributed by atoms with Crippen LogP contribution in [0.3, 0.4) is 0 Å². The minimum atomic E-state index is -1.21. The van der Waals surface area contributed by atoms with Gasteiger partial charge in [0.2, 0.25) is 11.5 Å². The maximum atomic E-state index is 13.3. The number of benzene rings is 3. The molecular formula is C30H30N4O4. The Morgan fingerprint density at radius 3 is 2.47 bits per heavy atom. The zero-order valence-corrected chi connectivity index (χ0v) is 21.9. The monoisotopic (exact) mass is 510 g/mol. The molecule has 1 N–H and O–H groups in total. The van der Waals surface area contributed by atoms with Gasteiger partial charge < -0.3 is 24.4 Å². The normalized spacial score (nSPS) is 16.8. The van der Waals surface area contributed by atoms with Crippen molar-refractivity contribution in [3.8, 4) is 23.1 Å². The molecule has 3 heterocycles. The van der Waals surface area contributed by atoms with Crippen LogP contribution in [-0.2, 0) is 10.3 Å². The van der Waals surface area contributed by atoms with Gasteiger partial charge >= 0.3 is 5.97 Å². The van der Waals surface area contributed by atoms with Crippen LogP contribution in [-0.4, -0.2) is 42.5 Å². The summed E-state index contributed by atoms with van der Waals surface area (Å²) in [5, 5.41) is 8.32. The van der Waals surface area contributed by atoms with E-state index in [1.165, 1.54) is 0 Å². The van der Waals surface area contributed by atoms with Crippen molar-refractivity contribution >= 4 is 17.5 Å². The highest BCUT2D eigenvalue weighted by atomic mass is 16.6. The number of carbonyl (C=O) groups excluding carboxylic acids is 1. The number of hydrogen-bond acceptors (Lipinski definition) is 7. The first-order valence-corrected chi connectivity index (χ1v) is 13.0. The number of carbonyl (C=O) groups is 1. The number of nitrogens with zero attached hydrogens (tertiary/aromatic N) is 3. The lowest BCUT2D eigenvalue weighted by Gasteiger charge is -2.36. The summed E-state index contributed by atoms with van der Waals surface area (Å²) in [4.78, 5) is 15.6. The third-order valence-corrected chi connectivity index (χ3v) is 7.31. The van der Waals surface area contributed by atoms with Crippen LogP contribution in [0.15, 0.2) is 66.7 Å². The smallest absolute Gasteiger partial charge is 0.340 e. The zero-order valence-electron chi connectivity index (χ0n) is 21.9. The number of methoxy groups -OCH3 is 1. The van der Waals surface area contributed by atoms with Gasteiger partial charge in [-0.2, -0.15) is 4.68 Å². The molecule has 1 unspecified atom stereocenters. The van der Waals surface area contributed by atoms with Crippen LogP contribution < -0.4 is 19.7 Å². The largest absolute Gasteiger partial charge is 0.497 e. The van der Waals surface area contributed by atoms with E-state index in [-0.39, 0.29) is 5.97 Å². The topological polar surface area (TPSA) is 77.8 Å². The lowest BCUT2D eigenvalue weighted by Crippen LogP contribution is -2.34. The molecule has 194 valence electrons. The summed E-state index contributed by atoms with van der Waals surface area (Å²) >= 11 is 0. The molecular weight excluding hydrogens is 480 g/mol. The Balaban J connectivity index is 1.66. The maximum absolute atomic E-state index is 13.3. The highest BCUT2D eigenvalue weighted by Gasteiger charge is 2.56. The first-order valence-electron chi connectivity index (χ1n) is 13.0. The number of anilines is 2. The average molecular weight is 511 g/mol. The van der Waals surface area contributed by atoms with Crippen LogP contribution in [0.5, 0.6) is 17.4 Å². The van der Waals surface area contributed by atoms with Gasteiger partial charge in [0.05, 0.1) is 18.4 Å². The molecule has 2 aliphatic heterocycles. The van der Waals surface area contributed by atoms with Crippen molar-refractivity contribution in [2.45, 2.75) is 26.4 Å². The fraction of sp³-hybridized carbons (Fsp3) is 0.267. The SMILES string of the molecule is CCNc1nn(-c2ccc(OC)cc2)c2c1C1(OC(=O)c3ccccc31)c1ccc(N(CC)CC)cc1O2. The van der Waals surface area contributed by atoms with Crippen molar-refractivity contribution in [3.63, 3.8) is 0 Å². The van der Waals surface area contributed by atoms with E-state index in [1.807, 2.05) is 67.6 Å². The van der Waals surface area contributed by atoms with Crippen molar-refractivity contribution in [3.05, 3.63) is 89.0 Å². The molecule has 0 aliphatic carbocycles. The first kappa shape index (κ1) is 23.9. The molecule has 1 aromatic heterocycles. The van der Waals surface area contributed by atoms with Gasteiger partial charge in [-0.05, 0) is 63.2 Å². The highest BCUT2D eigenvalue weighted by Crippen LogP contribution is 2.59. The fourth-order valence-corrected chi connectivity index (χ4v) is 5.52. The summed E-state index contributed by atoms with van der Waals surface area (Å²) in [7, 11) is 1.64. The summed E-state index contributed by atoms with van der Waals surface area (Å²) in [5.41, 5.74) is 3.39. The van der Waals surface area contributed by atoms with E-state index in [4.69, 9.17) is 19.3 Å². The quantitative estimate of drug-likeness (QED) is 0.318. The molecule has 8 heteroatoms. The first-order chi connectivity index (χ1) is 18.5. The summed E-state index contributed by atoms with van der Waals surface area (Å²) in [6, 6.07) is 21.3. The Labute approximate surface area is 221 Å². The van der Waals surface area contributed by atoms with Gasteiger partial charge in [0.1, 0.15) is 17.1 Å². The van der Waals surface area contributed by atoms with E-state index >= 15 is 0 Å². The van der Waals surface area contributed by atoms with Crippen LogP contribution in [0.25, 0.3) is 5.69 Å². The number of ether oxygens (including phenoxy) is 3. The predicted octanol–water partition coefficient (Wildman–Crippen LogP) is 5.73. The second-order valence-corrected chi connectivity index (χ2v) is 9.24. The molecule has 0 saturated heterocycles. The predicted molar refractivity (Wildman–Crippen MR) is 146 cm³/mol. The molecule has 0 saturated carbocycles. The van der Waals surface area contributed by atoms with Gasteiger partial charge in [0.25, 0.3) is 0 Å². The molecule has 6 rings (SSSR count). The van der Waals surface area contributed by atoms with Crippen LogP contribution in [0, 0.1) is 0 Å². The van der Waals surface area contributed by atoms with Crippen molar-refractivity contribution in [1.29, 1.82) is 0 Å². The molecule has 38 heavy (non-hydrogen) atoms. The molecule has 2 aliphatic rings. The lowest BCUT2D eigenvalue weighted by molar-refractivity contribution is 0.0225. The van der Waals surface area contributed by atoms with Gasteiger partial charge in [-0.1, -0.05) is 18.2 Å². The van der Waals surface area contributed by atoms with E-state index in [0.717, 1.165) is 41.3 Å². The minimum Gasteiger partial charge on any atom is -0.497 e. The molecule has 1 spiro atoms. The van der Waals surface area contributed by atoms with Crippen molar-refractivity contribution in [2.75, 3.05) is 37.0 Å². The number of nitrogens with one attached hydrogen (secondary N) is 1. The second kappa shape index (κ2) is 9.13. The standard InChI is InChI=1S/C30H30N4O4/c1-5-31-27-26-28(34(32-27)19-12-15-21(36-4)16-13-19)37-25-18-20(33(6-2)7-3)14-17-24(25)30(26)23-11-9-8-10-22(23)29(35)38-30/h8-18H,5-7H2,1-4H3,(H,31,32). The number of hydrogen-bond donors (Lipinski definition) is 1. The molecule has 0 radical (unpaired) electrons. The maximum Gasteiger partial charge on any atom is 0.340 e. The van der Waals surface area contributed by atoms with E-state index in [1.54, 1.807) is 11.8 Å². The Bertz CT molecular complexity index is 1520. The molecule has 3 aromatic carbocycles. The van der Waals surface area contributed by atoms with Gasteiger partial charge in [-0.15, -0.1) is 5.10 Å². The highest BCUT2D eigenvalue weighted by molar-refractivity contribution is 5.97. The van der Waals surface area contributed by atoms with Crippen LogP contribution in [0.4, 0.5) is 11.5 Å². The van der Waals surface area contributed by atoms with Crippen LogP contribution >= 0.6 is 0 Å². The van der Waals surface area contributed by atoms with Crippen LogP contribution in [0.2, 0.25) is 0 Å². The number of rotatable bonds is 7. The van der Waals surface area contributed by atoms with Crippen LogP contribution in [0.1, 0.15) is 47.8 Å². The van der Waals surface area contributed by atoms with Gasteiger partial charge in [-0.25, -0.2) is 4.79 Å². The molecule has 0 amide bonds. The molecule has 0 fully saturated rings. The van der Waals surface area contributed by atoms with Gasteiger partial charge in [0, 0.05) is 42.5 Å². The molecule has 0 bridgehead atoms. The van der Waals surface area contributed by atoms with Gasteiger partial charge in [-0.3, -0.25) is 0 Å².